The molecule has 0 atom stereocenters. The molecule has 0 aliphatic rings. The van der Waals surface area contributed by atoms with Crippen molar-refractivity contribution in [2.45, 2.75) is 26.1 Å². The van der Waals surface area contributed by atoms with Crippen LogP contribution in [0.1, 0.15) is 47.5 Å². The van der Waals surface area contributed by atoms with Crippen LogP contribution >= 0.6 is 0 Å². The molecule has 6 heteroatoms. The fourth-order valence-corrected chi connectivity index (χ4v) is 2.77. The normalized spacial score (nSPS) is 11.4. The number of carbonyl (C=O) groups is 2. The first-order valence-electron chi connectivity index (χ1n) is 9.10. The van der Waals surface area contributed by atoms with Gasteiger partial charge in [-0.1, -0.05) is 55.8 Å². The van der Waals surface area contributed by atoms with Crippen LogP contribution in [0.2, 0.25) is 0 Å². The van der Waals surface area contributed by atoms with Gasteiger partial charge in [-0.3, -0.25) is 20.4 Å². The Morgan fingerprint density at radius 1 is 0.929 bits per heavy atom. The lowest BCUT2D eigenvalue weighted by Gasteiger charge is -2.14. The van der Waals surface area contributed by atoms with Gasteiger partial charge in [0.15, 0.2) is 6.29 Å². The van der Waals surface area contributed by atoms with Gasteiger partial charge >= 0.3 is 0 Å². The minimum atomic E-state index is -0.489. The molecule has 0 aromatic heterocycles. The second-order valence-electron chi connectivity index (χ2n) is 6.15. The van der Waals surface area contributed by atoms with Crippen molar-refractivity contribution >= 4 is 17.4 Å². The third kappa shape index (κ3) is 6.04. The van der Waals surface area contributed by atoms with Crippen molar-refractivity contribution in [3.63, 3.8) is 0 Å². The van der Waals surface area contributed by atoms with Gasteiger partial charge in [0.2, 0.25) is 0 Å². The minimum Gasteiger partial charge on any atom is -0.352 e. The molecule has 148 valence electrons. The number of hydrazine groups is 1. The summed E-state index contributed by atoms with van der Waals surface area (Å²) in [6.07, 6.45) is 2.71. The Labute approximate surface area is 165 Å². The maximum absolute atomic E-state index is 12.2. The Morgan fingerprint density at radius 2 is 1.57 bits per heavy atom. The number of ether oxygens (including phenoxy) is 2. The van der Waals surface area contributed by atoms with Crippen LogP contribution in [0.15, 0.2) is 60.7 Å². The first kappa shape index (κ1) is 21.3. The molecule has 2 aromatic rings. The second-order valence-corrected chi connectivity index (χ2v) is 6.15. The number of hydrogen-bond acceptors (Lipinski definition) is 4. The molecule has 0 radical (unpaired) electrons. The summed E-state index contributed by atoms with van der Waals surface area (Å²) < 4.78 is 10.3. The Balaban J connectivity index is 1.98. The van der Waals surface area contributed by atoms with Gasteiger partial charge in [-0.2, -0.15) is 0 Å². The van der Waals surface area contributed by atoms with E-state index in [9.17, 15) is 9.59 Å². The fourth-order valence-electron chi connectivity index (χ4n) is 2.77. The summed E-state index contributed by atoms with van der Waals surface area (Å²) in [6.45, 7) is 2.05. The van der Waals surface area contributed by atoms with E-state index in [4.69, 9.17) is 9.47 Å². The Kier molecular flexibility index (Phi) is 8.39. The zero-order chi connectivity index (χ0) is 20.4. The lowest BCUT2D eigenvalue weighted by molar-refractivity contribution is -0.117. The monoisotopic (exact) mass is 382 g/mol. The maximum atomic E-state index is 12.2. The molecule has 6 nitrogen and oxygen atoms in total. The van der Waals surface area contributed by atoms with Crippen molar-refractivity contribution in [2.24, 2.45) is 0 Å². The van der Waals surface area contributed by atoms with Gasteiger partial charge in [-0.15, -0.1) is 0 Å². The van der Waals surface area contributed by atoms with Crippen LogP contribution in [0.5, 0.6) is 0 Å². The molecule has 28 heavy (non-hydrogen) atoms. The lowest BCUT2D eigenvalue weighted by Crippen LogP contribution is -2.40. The first-order valence-corrected chi connectivity index (χ1v) is 9.10. The van der Waals surface area contributed by atoms with Crippen LogP contribution < -0.4 is 10.9 Å². The van der Waals surface area contributed by atoms with Crippen LogP contribution in [0.4, 0.5) is 0 Å². The van der Waals surface area contributed by atoms with Gasteiger partial charge in [0, 0.05) is 31.4 Å². The number of methoxy groups -OCH3 is 2. The van der Waals surface area contributed by atoms with Crippen molar-refractivity contribution in [1.29, 1.82) is 0 Å². The number of amides is 2. The summed E-state index contributed by atoms with van der Waals surface area (Å²) in [5, 5.41) is 0. The summed E-state index contributed by atoms with van der Waals surface area (Å²) in [4.78, 5) is 24.5. The summed E-state index contributed by atoms with van der Waals surface area (Å²) >= 11 is 0. The Hall–Kier alpha value is -2.96. The minimum absolute atomic E-state index is 0.379. The third-order valence-corrected chi connectivity index (χ3v) is 4.14. The largest absolute Gasteiger partial charge is 0.352 e. The Morgan fingerprint density at radius 3 is 2.14 bits per heavy atom. The highest BCUT2D eigenvalue weighted by atomic mass is 16.7. The highest BCUT2D eigenvalue weighted by Crippen LogP contribution is 2.19. The smallest absolute Gasteiger partial charge is 0.269 e. The average Bonchev–Trinajstić information content (AvgIpc) is 2.73. The first-order chi connectivity index (χ1) is 13.6. The van der Waals surface area contributed by atoms with Crippen LogP contribution in [0.25, 0.3) is 5.57 Å². The molecule has 2 aromatic carbocycles. The van der Waals surface area contributed by atoms with Gasteiger partial charge in [-0.25, -0.2) is 0 Å². The number of hydrogen-bond donors (Lipinski definition) is 2. The van der Waals surface area contributed by atoms with Crippen molar-refractivity contribution in [2.75, 3.05) is 14.2 Å². The maximum Gasteiger partial charge on any atom is 0.269 e. The van der Waals surface area contributed by atoms with E-state index in [1.165, 1.54) is 6.08 Å². The van der Waals surface area contributed by atoms with E-state index in [1.807, 2.05) is 30.3 Å². The topological polar surface area (TPSA) is 76.7 Å². The summed E-state index contributed by atoms with van der Waals surface area (Å²) in [5.41, 5.74) is 7.98. The zero-order valence-electron chi connectivity index (χ0n) is 16.4. The number of benzene rings is 2. The number of allylic oxidation sites excluding steroid dienone is 1. The molecular formula is C22H26N2O4. The molecule has 2 amide bonds. The van der Waals surface area contributed by atoms with Crippen molar-refractivity contribution in [1.82, 2.24) is 10.9 Å². The summed E-state index contributed by atoms with van der Waals surface area (Å²) in [5.74, 6) is -0.785. The number of rotatable bonds is 8. The van der Waals surface area contributed by atoms with Gasteiger partial charge in [0.1, 0.15) is 0 Å². The van der Waals surface area contributed by atoms with Crippen LogP contribution in [0, 0.1) is 0 Å². The van der Waals surface area contributed by atoms with Crippen molar-refractivity contribution < 1.29 is 19.1 Å². The van der Waals surface area contributed by atoms with Crippen LogP contribution in [-0.4, -0.2) is 26.0 Å². The van der Waals surface area contributed by atoms with Gasteiger partial charge in [-0.05, 0) is 29.7 Å². The van der Waals surface area contributed by atoms with Crippen LogP contribution in [-0.2, 0) is 14.3 Å². The molecule has 0 bridgehead atoms. The average molecular weight is 382 g/mol. The predicted octanol–water partition coefficient (Wildman–Crippen LogP) is 3.62. The number of nitrogens with one attached hydrogen (secondary N) is 2. The van der Waals surface area contributed by atoms with E-state index in [0.717, 1.165) is 29.5 Å². The SMILES string of the molecule is CCC/C(=C\C(=O)NNC(=O)c1ccc(C(OC)OC)cc1)c1ccccc1. The molecule has 0 unspecified atom stereocenters. The van der Waals surface area contributed by atoms with Gasteiger partial charge < -0.3 is 9.47 Å². The second kappa shape index (κ2) is 11.0. The lowest BCUT2D eigenvalue weighted by atomic mass is 10.0. The molecule has 2 N–H and O–H groups in total. The van der Waals surface area contributed by atoms with E-state index < -0.39 is 12.2 Å². The predicted molar refractivity (Wildman–Crippen MR) is 108 cm³/mol. The molecule has 0 fully saturated rings. The Bertz CT molecular complexity index is 797. The highest BCUT2D eigenvalue weighted by molar-refractivity contribution is 5.99. The van der Waals surface area contributed by atoms with Gasteiger partial charge in [0.05, 0.1) is 0 Å². The van der Waals surface area contributed by atoms with Gasteiger partial charge in [0.25, 0.3) is 11.8 Å². The van der Waals surface area contributed by atoms with E-state index in [0.29, 0.717) is 5.56 Å². The zero-order valence-corrected chi connectivity index (χ0v) is 16.4. The molecule has 2 rings (SSSR count). The van der Waals surface area contributed by atoms with Crippen molar-refractivity contribution in [3.8, 4) is 0 Å². The van der Waals surface area contributed by atoms with Crippen molar-refractivity contribution in [3.05, 3.63) is 77.4 Å². The number of carbonyl (C=O) groups excluding carboxylic acids is 2. The summed E-state index contributed by atoms with van der Waals surface area (Å²) in [6, 6.07) is 16.5. The van der Waals surface area contributed by atoms with E-state index in [2.05, 4.69) is 17.8 Å². The molecule has 0 spiro atoms. The highest BCUT2D eigenvalue weighted by Gasteiger charge is 2.11. The molecule has 0 heterocycles. The van der Waals surface area contributed by atoms with Crippen LogP contribution in [0.3, 0.4) is 0 Å². The van der Waals surface area contributed by atoms with E-state index in [1.54, 1.807) is 38.5 Å². The molecule has 0 aliphatic heterocycles. The molecular weight excluding hydrogens is 356 g/mol. The summed E-state index contributed by atoms with van der Waals surface area (Å²) in [7, 11) is 3.08. The third-order valence-electron chi connectivity index (χ3n) is 4.14. The fraction of sp³-hybridized carbons (Fsp3) is 0.273. The molecule has 0 aliphatic carbocycles. The standard InChI is InChI=1S/C22H26N2O4/c1-4-8-19(16-9-6-5-7-10-16)15-20(25)23-24-21(26)17-11-13-18(14-12-17)22(27-2)28-3/h5-7,9-15,22H,4,8H2,1-3H3,(H,23,25)(H,24,26)/b19-15+. The molecule has 0 saturated carbocycles. The molecule has 0 saturated heterocycles. The quantitative estimate of drug-likeness (QED) is 0.415. The van der Waals surface area contributed by atoms with E-state index in [-0.39, 0.29) is 5.91 Å². The van der Waals surface area contributed by atoms with E-state index >= 15 is 0 Å².